The Hall–Kier alpha value is -6.22. The van der Waals surface area contributed by atoms with Crippen LogP contribution in [0.1, 0.15) is 0 Å². The SMILES string of the molecule is O[Si](c1ccccc1)(c1ccccc1)c1ccccc1.[O]=[V]=[O].c1ccc([Si](c2ccccc2)c2ccccc2)cc1.c1ccc([Si](c2ccccc2)c2ccccc2)cc1. The van der Waals surface area contributed by atoms with Gasteiger partial charge >= 0.3 is 23.5 Å². The summed E-state index contributed by atoms with van der Waals surface area (Å²) in [5.41, 5.74) is 0. The number of hydrogen-bond donors (Lipinski definition) is 1. The molecule has 0 atom stereocenters. The molecule has 0 unspecified atom stereocenters. The van der Waals surface area contributed by atoms with Gasteiger partial charge in [0.15, 0.2) is 17.6 Å². The van der Waals surface area contributed by atoms with Crippen LogP contribution in [0.3, 0.4) is 0 Å². The van der Waals surface area contributed by atoms with Crippen LogP contribution in [0, 0.1) is 0 Å². The summed E-state index contributed by atoms with van der Waals surface area (Å²) in [6.07, 6.45) is 0. The molecule has 0 fully saturated rings. The van der Waals surface area contributed by atoms with Crippen LogP contribution in [-0.4, -0.2) is 30.7 Å². The molecule has 3 nitrogen and oxygen atoms in total. The second-order valence-electron chi connectivity index (χ2n) is 13.8. The Bertz CT molecular complexity index is 2190. The van der Waals surface area contributed by atoms with Crippen molar-refractivity contribution in [2.45, 2.75) is 0 Å². The van der Waals surface area contributed by atoms with E-state index in [0.29, 0.717) is 0 Å². The average molecular weight is 878 g/mol. The van der Waals surface area contributed by atoms with Gasteiger partial charge < -0.3 is 4.80 Å². The fourth-order valence-corrected chi connectivity index (χ4v) is 15.3. The van der Waals surface area contributed by atoms with E-state index in [2.05, 4.69) is 182 Å². The molecule has 0 heterocycles. The summed E-state index contributed by atoms with van der Waals surface area (Å²) in [4.78, 5) is 11.6. The Morgan fingerprint density at radius 1 is 0.262 bits per heavy atom. The maximum Gasteiger partial charge on any atom is 0.154 e. The Morgan fingerprint density at radius 2 is 0.393 bits per heavy atom. The summed E-state index contributed by atoms with van der Waals surface area (Å²) in [6, 6.07) is 95.0. The zero-order chi connectivity index (χ0) is 42.4. The van der Waals surface area contributed by atoms with Crippen molar-refractivity contribution in [2.75, 3.05) is 0 Å². The molecule has 9 aromatic rings. The van der Waals surface area contributed by atoms with E-state index in [4.69, 9.17) is 7.35 Å². The summed E-state index contributed by atoms with van der Waals surface area (Å²) in [5, 5.41) is 11.6. The predicted octanol–water partition coefficient (Wildman–Crippen LogP) is 5.81. The van der Waals surface area contributed by atoms with Crippen molar-refractivity contribution in [1.29, 1.82) is 0 Å². The Balaban J connectivity index is 0.000000148. The Morgan fingerprint density at radius 3 is 0.541 bits per heavy atom. The van der Waals surface area contributed by atoms with Gasteiger partial charge in [0.1, 0.15) is 0 Å². The fourth-order valence-electron chi connectivity index (χ4n) is 7.17. The molecule has 9 rings (SSSR count). The van der Waals surface area contributed by atoms with Gasteiger partial charge in [-0.2, -0.15) is 0 Å². The van der Waals surface area contributed by atoms with Crippen molar-refractivity contribution in [1.82, 2.24) is 0 Å². The van der Waals surface area contributed by atoms with Crippen LogP contribution in [0.4, 0.5) is 0 Å². The zero-order valence-electron chi connectivity index (χ0n) is 33.7. The standard InChI is InChI=1S/C18H16OSi.2C18H15Si.2O.V/c19-20(16-10-4-1-5-11-16,17-12-6-2-7-13-17)18-14-8-3-9-15-18;2*1-4-10-16(11-5-1)19(17-12-6-2-7-13-17)18-14-8-3-9-15-18;;;/h1-15,19H;2*1-15H;;;. The largest absolute Gasteiger partial charge is 0.154 e. The molecule has 2 radical (unpaired) electrons. The summed E-state index contributed by atoms with van der Waals surface area (Å²) < 4.78 is 16.9. The van der Waals surface area contributed by atoms with Crippen LogP contribution in [0.2, 0.25) is 0 Å². The third-order valence-electron chi connectivity index (χ3n) is 9.95. The van der Waals surface area contributed by atoms with Crippen LogP contribution < -0.4 is 46.7 Å². The normalized spacial score (nSPS) is 10.4. The minimum Gasteiger partial charge on any atom is -0.0624 e. The number of hydrogen-bond acceptors (Lipinski definition) is 3. The molecule has 0 aliphatic rings. The first-order valence-corrected chi connectivity index (χ1v) is 26.1. The van der Waals surface area contributed by atoms with E-state index in [-0.39, 0.29) is 0 Å². The topological polar surface area (TPSA) is 54.4 Å². The van der Waals surface area contributed by atoms with Crippen LogP contribution in [0.5, 0.6) is 0 Å². The molecule has 0 saturated heterocycles. The third kappa shape index (κ3) is 12.4. The van der Waals surface area contributed by atoms with Crippen LogP contribution in [-0.2, 0) is 23.5 Å². The van der Waals surface area contributed by atoms with E-state index in [1.54, 1.807) is 0 Å². The minimum atomic E-state index is -2.88. The maximum absolute atomic E-state index is 11.6. The molecule has 61 heavy (non-hydrogen) atoms. The summed E-state index contributed by atoms with van der Waals surface area (Å²) >= 11 is -1.81. The molecule has 0 saturated carbocycles. The van der Waals surface area contributed by atoms with Gasteiger partial charge in [-0.1, -0.05) is 304 Å². The van der Waals surface area contributed by atoms with Crippen molar-refractivity contribution in [3.8, 4) is 0 Å². The molecule has 7 heteroatoms. The first kappa shape index (κ1) is 44.3. The van der Waals surface area contributed by atoms with Crippen molar-refractivity contribution in [2.24, 2.45) is 0 Å². The van der Waals surface area contributed by atoms with E-state index >= 15 is 0 Å². The molecule has 0 aromatic heterocycles. The first-order valence-electron chi connectivity index (χ1n) is 20.0. The van der Waals surface area contributed by atoms with E-state index in [0.717, 1.165) is 15.6 Å². The zero-order valence-corrected chi connectivity index (χ0v) is 38.1. The van der Waals surface area contributed by atoms with Crippen molar-refractivity contribution in [3.63, 3.8) is 0 Å². The molecule has 1 N–H and O–H groups in total. The van der Waals surface area contributed by atoms with E-state index in [1.807, 2.05) is 91.0 Å². The van der Waals surface area contributed by atoms with Crippen LogP contribution in [0.15, 0.2) is 273 Å². The molecular weight excluding hydrogens is 832 g/mol. The van der Waals surface area contributed by atoms with Crippen molar-refractivity contribution >= 4 is 72.6 Å². The minimum absolute atomic E-state index is 0.877. The fraction of sp³-hybridized carbons (Fsp3) is 0. The second-order valence-corrected chi connectivity index (χ2v) is 22.2. The number of benzene rings is 9. The molecular formula is C54H46O3Si3V. The van der Waals surface area contributed by atoms with E-state index < -0.39 is 42.1 Å². The van der Waals surface area contributed by atoms with Gasteiger partial charge in [-0.05, 0) is 15.6 Å². The van der Waals surface area contributed by atoms with Gasteiger partial charge in [0.2, 0.25) is 0 Å². The van der Waals surface area contributed by atoms with Crippen LogP contribution >= 0.6 is 0 Å². The molecule has 9 aromatic carbocycles. The summed E-state index contributed by atoms with van der Waals surface area (Å²) in [6.45, 7) is 0. The Kier molecular flexibility index (Phi) is 17.5. The van der Waals surface area contributed by atoms with Gasteiger partial charge in [-0.3, -0.25) is 0 Å². The Labute approximate surface area is 371 Å². The first-order chi connectivity index (χ1) is 30.1. The van der Waals surface area contributed by atoms with Gasteiger partial charge in [-0.15, -0.1) is 0 Å². The quantitative estimate of drug-likeness (QED) is 0.147. The number of rotatable bonds is 9. The van der Waals surface area contributed by atoms with Gasteiger partial charge in [0, 0.05) is 0 Å². The monoisotopic (exact) mass is 877 g/mol. The second kappa shape index (κ2) is 24.1. The van der Waals surface area contributed by atoms with Gasteiger partial charge in [0.25, 0.3) is 8.32 Å². The molecule has 297 valence electrons. The van der Waals surface area contributed by atoms with Gasteiger partial charge in [0.05, 0.1) is 0 Å². The average Bonchev–Trinajstić information content (AvgIpc) is 3.35. The molecule has 0 aliphatic heterocycles. The molecule has 0 aliphatic carbocycles. The van der Waals surface area contributed by atoms with E-state index in [1.165, 1.54) is 31.1 Å². The van der Waals surface area contributed by atoms with E-state index in [9.17, 15) is 4.80 Å². The predicted molar refractivity (Wildman–Crippen MR) is 256 cm³/mol. The van der Waals surface area contributed by atoms with Crippen LogP contribution in [0.25, 0.3) is 0 Å². The van der Waals surface area contributed by atoms with Gasteiger partial charge in [-0.25, -0.2) is 0 Å². The van der Waals surface area contributed by atoms with Crippen molar-refractivity contribution in [3.05, 3.63) is 273 Å². The molecule has 0 bridgehead atoms. The summed E-state index contributed by atoms with van der Waals surface area (Å²) in [5.74, 6) is 0. The maximum atomic E-state index is 11.6. The molecule has 0 spiro atoms. The summed E-state index contributed by atoms with van der Waals surface area (Å²) in [7, 11) is -4.63. The molecule has 0 amide bonds. The third-order valence-corrected chi connectivity index (χ3v) is 18.9. The van der Waals surface area contributed by atoms with Crippen molar-refractivity contribution < 1.29 is 28.3 Å². The smallest absolute Gasteiger partial charge is 0.0624 e.